The molecule has 1 atom stereocenters. The number of carbonyl (C=O) groups is 1. The Hall–Kier alpha value is -0.870. The van der Waals surface area contributed by atoms with Gasteiger partial charge in [0.15, 0.2) is 0 Å². The second kappa shape index (κ2) is 6.53. The summed E-state index contributed by atoms with van der Waals surface area (Å²) in [5.74, 6) is 0.308. The van der Waals surface area contributed by atoms with E-state index in [1.54, 1.807) is 11.3 Å². The van der Waals surface area contributed by atoms with Gasteiger partial charge in [0, 0.05) is 6.54 Å². The van der Waals surface area contributed by atoms with Crippen molar-refractivity contribution in [2.24, 2.45) is 0 Å². The summed E-state index contributed by atoms with van der Waals surface area (Å²) in [5.41, 5.74) is 0.509. The molecule has 0 saturated heterocycles. The maximum Gasteiger partial charge on any atom is 0.222 e. The highest BCUT2D eigenvalue weighted by molar-refractivity contribution is 7.07. The second-order valence-corrected chi connectivity index (χ2v) is 6.50. The van der Waals surface area contributed by atoms with Crippen molar-refractivity contribution in [3.8, 4) is 0 Å². The van der Waals surface area contributed by atoms with Crippen LogP contribution in [0.5, 0.6) is 0 Å². The minimum atomic E-state index is -0.756. The number of nitrogens with one attached hydrogen (secondary N) is 1. The number of aliphatic hydroxyl groups is 1. The first-order chi connectivity index (χ1) is 9.09. The van der Waals surface area contributed by atoms with Crippen molar-refractivity contribution in [3.63, 3.8) is 0 Å². The Morgan fingerprint density at radius 1 is 1.47 bits per heavy atom. The van der Waals surface area contributed by atoms with Crippen LogP contribution in [0.2, 0.25) is 0 Å². The number of thiophene rings is 1. The van der Waals surface area contributed by atoms with E-state index in [2.05, 4.69) is 29.1 Å². The summed E-state index contributed by atoms with van der Waals surface area (Å²) >= 11 is 1.68. The fourth-order valence-electron chi connectivity index (χ4n) is 2.69. The van der Waals surface area contributed by atoms with Gasteiger partial charge in [-0.15, -0.1) is 0 Å². The van der Waals surface area contributed by atoms with E-state index < -0.39 is 5.60 Å². The molecule has 1 saturated carbocycles. The number of hydrogen-bond donors (Lipinski definition) is 2. The Kier molecular flexibility index (Phi) is 4.99. The molecule has 1 unspecified atom stereocenters. The molecule has 2 rings (SSSR count). The lowest BCUT2D eigenvalue weighted by molar-refractivity contribution is -0.127. The molecule has 1 aromatic heterocycles. The van der Waals surface area contributed by atoms with Crippen LogP contribution in [0.3, 0.4) is 0 Å². The van der Waals surface area contributed by atoms with Crippen LogP contribution < -0.4 is 5.32 Å². The van der Waals surface area contributed by atoms with E-state index in [1.165, 1.54) is 12.0 Å². The Balaban J connectivity index is 1.75. The minimum Gasteiger partial charge on any atom is -0.389 e. The molecular formula is C15H23NO2S. The first-order valence-electron chi connectivity index (χ1n) is 7.10. The van der Waals surface area contributed by atoms with Gasteiger partial charge in [-0.05, 0) is 41.1 Å². The van der Waals surface area contributed by atoms with Crippen molar-refractivity contribution < 1.29 is 9.90 Å². The standard InChI is InChI=1S/C15H23NO2S/c1-12(13-5-8-19-11-13)10-16-14(17)9-15(18)6-3-2-4-7-15/h5,8,11-12,18H,2-4,6-7,9-10H2,1H3,(H,16,17). The van der Waals surface area contributed by atoms with Gasteiger partial charge in [0.25, 0.3) is 0 Å². The molecule has 19 heavy (non-hydrogen) atoms. The lowest BCUT2D eigenvalue weighted by atomic mass is 9.82. The molecule has 1 amide bonds. The van der Waals surface area contributed by atoms with E-state index in [1.807, 2.05) is 0 Å². The van der Waals surface area contributed by atoms with Crippen LogP contribution in [0.25, 0.3) is 0 Å². The number of amides is 1. The van der Waals surface area contributed by atoms with E-state index in [0.29, 0.717) is 12.5 Å². The predicted octanol–water partition coefficient (Wildman–Crippen LogP) is 3.05. The van der Waals surface area contributed by atoms with Gasteiger partial charge >= 0.3 is 0 Å². The molecule has 0 aromatic carbocycles. The summed E-state index contributed by atoms with van der Waals surface area (Å²) in [6.45, 7) is 2.75. The van der Waals surface area contributed by atoms with Gasteiger partial charge in [-0.3, -0.25) is 4.79 Å². The molecule has 1 heterocycles. The summed E-state index contributed by atoms with van der Waals surface area (Å²) in [6, 6.07) is 2.09. The van der Waals surface area contributed by atoms with Crippen LogP contribution in [0.1, 0.15) is 56.9 Å². The SMILES string of the molecule is CC(CNC(=O)CC1(O)CCCCC1)c1ccsc1. The molecule has 1 aliphatic carbocycles. The largest absolute Gasteiger partial charge is 0.389 e. The van der Waals surface area contributed by atoms with E-state index >= 15 is 0 Å². The third-order valence-corrected chi connectivity index (χ3v) is 4.69. The Morgan fingerprint density at radius 2 is 2.21 bits per heavy atom. The molecule has 4 heteroatoms. The van der Waals surface area contributed by atoms with Crippen LogP contribution >= 0.6 is 11.3 Å². The summed E-state index contributed by atoms with van der Waals surface area (Å²) in [5, 5.41) is 17.5. The lowest BCUT2D eigenvalue weighted by Gasteiger charge is -2.31. The number of hydrogen-bond acceptors (Lipinski definition) is 3. The van der Waals surface area contributed by atoms with Crippen LogP contribution in [0.4, 0.5) is 0 Å². The Bertz CT molecular complexity index is 396. The van der Waals surface area contributed by atoms with Gasteiger partial charge in [0.2, 0.25) is 5.91 Å². The molecule has 0 bridgehead atoms. The van der Waals surface area contributed by atoms with Crippen molar-refractivity contribution in [1.29, 1.82) is 0 Å². The lowest BCUT2D eigenvalue weighted by Crippen LogP contribution is -2.39. The summed E-state index contributed by atoms with van der Waals surface area (Å²) in [4.78, 5) is 11.9. The summed E-state index contributed by atoms with van der Waals surface area (Å²) < 4.78 is 0. The monoisotopic (exact) mass is 281 g/mol. The third-order valence-electron chi connectivity index (χ3n) is 3.99. The maximum atomic E-state index is 11.9. The van der Waals surface area contributed by atoms with Gasteiger partial charge < -0.3 is 10.4 Å². The zero-order chi connectivity index (χ0) is 13.7. The van der Waals surface area contributed by atoms with E-state index in [0.717, 1.165) is 25.7 Å². The van der Waals surface area contributed by atoms with Gasteiger partial charge in [-0.2, -0.15) is 11.3 Å². The van der Waals surface area contributed by atoms with Gasteiger partial charge in [0.1, 0.15) is 0 Å². The van der Waals surface area contributed by atoms with Crippen LogP contribution in [-0.4, -0.2) is 23.2 Å². The first kappa shape index (κ1) is 14.5. The van der Waals surface area contributed by atoms with E-state index in [4.69, 9.17) is 0 Å². The molecule has 0 radical (unpaired) electrons. The fourth-order valence-corrected chi connectivity index (χ4v) is 3.47. The van der Waals surface area contributed by atoms with Gasteiger partial charge in [-0.25, -0.2) is 0 Å². The molecule has 3 nitrogen and oxygen atoms in total. The van der Waals surface area contributed by atoms with Crippen molar-refractivity contribution in [2.75, 3.05) is 6.54 Å². The highest BCUT2D eigenvalue weighted by atomic mass is 32.1. The van der Waals surface area contributed by atoms with Gasteiger partial charge in [-0.1, -0.05) is 26.2 Å². The topological polar surface area (TPSA) is 49.3 Å². The molecule has 0 spiro atoms. The van der Waals surface area contributed by atoms with E-state index in [9.17, 15) is 9.90 Å². The molecule has 2 N–H and O–H groups in total. The van der Waals surface area contributed by atoms with Crippen LogP contribution in [0.15, 0.2) is 16.8 Å². The summed E-state index contributed by atoms with van der Waals surface area (Å²) in [6.07, 6.45) is 5.04. The highest BCUT2D eigenvalue weighted by Crippen LogP contribution is 2.30. The zero-order valence-corrected chi connectivity index (χ0v) is 12.3. The minimum absolute atomic E-state index is 0.0218. The Morgan fingerprint density at radius 3 is 2.84 bits per heavy atom. The van der Waals surface area contributed by atoms with Crippen molar-refractivity contribution in [1.82, 2.24) is 5.32 Å². The molecule has 106 valence electrons. The quantitative estimate of drug-likeness (QED) is 0.871. The normalized spacial score (nSPS) is 19.9. The highest BCUT2D eigenvalue weighted by Gasteiger charge is 2.31. The average molecular weight is 281 g/mol. The van der Waals surface area contributed by atoms with Crippen molar-refractivity contribution >= 4 is 17.2 Å². The second-order valence-electron chi connectivity index (χ2n) is 5.72. The fraction of sp³-hybridized carbons (Fsp3) is 0.667. The smallest absolute Gasteiger partial charge is 0.222 e. The summed E-state index contributed by atoms with van der Waals surface area (Å²) in [7, 11) is 0. The van der Waals surface area contributed by atoms with Gasteiger partial charge in [0.05, 0.1) is 12.0 Å². The van der Waals surface area contributed by atoms with Crippen LogP contribution in [-0.2, 0) is 4.79 Å². The molecule has 1 aliphatic rings. The molecular weight excluding hydrogens is 258 g/mol. The van der Waals surface area contributed by atoms with Crippen LogP contribution in [0, 0.1) is 0 Å². The molecule has 1 fully saturated rings. The van der Waals surface area contributed by atoms with Crippen molar-refractivity contribution in [2.45, 2.75) is 57.0 Å². The zero-order valence-electron chi connectivity index (χ0n) is 11.5. The van der Waals surface area contributed by atoms with E-state index in [-0.39, 0.29) is 12.3 Å². The number of rotatable bonds is 5. The maximum absolute atomic E-state index is 11.9. The van der Waals surface area contributed by atoms with Crippen molar-refractivity contribution in [3.05, 3.63) is 22.4 Å². The molecule has 1 aromatic rings. The third kappa shape index (κ3) is 4.32. The Labute approximate surface area is 119 Å². The molecule has 0 aliphatic heterocycles. The predicted molar refractivity (Wildman–Crippen MR) is 78.4 cm³/mol. The first-order valence-corrected chi connectivity index (χ1v) is 8.04. The average Bonchev–Trinajstić information content (AvgIpc) is 2.90. The number of carbonyl (C=O) groups excluding carboxylic acids is 1.